The summed E-state index contributed by atoms with van der Waals surface area (Å²) in [6, 6.07) is 6.05. The van der Waals surface area contributed by atoms with Gasteiger partial charge in [0, 0.05) is 12.0 Å². The van der Waals surface area contributed by atoms with Gasteiger partial charge in [-0.2, -0.15) is 0 Å². The number of hydrogen-bond acceptors (Lipinski definition) is 1. The highest BCUT2D eigenvalue weighted by Gasteiger charge is 2.17. The van der Waals surface area contributed by atoms with Crippen molar-refractivity contribution in [3.05, 3.63) is 29.3 Å². The molecule has 1 aliphatic rings. The molecule has 1 atom stereocenters. The number of Topliss-reactive ketones (excluding diaryl/α,β-unsaturated/α-hetero) is 1. The van der Waals surface area contributed by atoms with Crippen molar-refractivity contribution in [2.75, 3.05) is 0 Å². The van der Waals surface area contributed by atoms with E-state index in [-0.39, 0.29) is 0 Å². The number of carbonyl (C=O) groups excluding carboxylic acids is 1. The van der Waals surface area contributed by atoms with Gasteiger partial charge in [-0.15, -0.1) is 9.24 Å². The van der Waals surface area contributed by atoms with Crippen molar-refractivity contribution in [2.45, 2.75) is 19.3 Å². The van der Waals surface area contributed by atoms with Crippen molar-refractivity contribution in [1.29, 1.82) is 0 Å². The Hall–Kier alpha value is -0.680. The van der Waals surface area contributed by atoms with Gasteiger partial charge in [0.1, 0.15) is 0 Å². The third-order valence-electron chi connectivity index (χ3n) is 2.31. The first-order valence-corrected chi connectivity index (χ1v) is 4.77. The van der Waals surface area contributed by atoms with Crippen molar-refractivity contribution >= 4 is 20.3 Å². The Kier molecular flexibility index (Phi) is 1.98. The number of carbonyl (C=O) groups is 1. The van der Waals surface area contributed by atoms with Crippen LogP contribution in [0.3, 0.4) is 0 Å². The van der Waals surface area contributed by atoms with Gasteiger partial charge in [-0.25, -0.2) is 0 Å². The van der Waals surface area contributed by atoms with Gasteiger partial charge >= 0.3 is 0 Å². The highest BCUT2D eigenvalue weighted by Crippen LogP contribution is 2.20. The molecule has 0 fully saturated rings. The fourth-order valence-electron chi connectivity index (χ4n) is 1.73. The molecule has 1 aliphatic carbocycles. The van der Waals surface area contributed by atoms with Gasteiger partial charge in [0.05, 0.1) is 0 Å². The Bertz CT molecular complexity index is 331. The maximum absolute atomic E-state index is 11.5. The summed E-state index contributed by atoms with van der Waals surface area (Å²) in [5.74, 6) is 0.307. The van der Waals surface area contributed by atoms with Crippen LogP contribution in [-0.2, 0) is 6.42 Å². The van der Waals surface area contributed by atoms with Crippen LogP contribution in [0, 0.1) is 0 Å². The van der Waals surface area contributed by atoms with Crippen LogP contribution in [0.5, 0.6) is 0 Å². The molecule has 1 nitrogen and oxygen atoms in total. The van der Waals surface area contributed by atoms with Crippen LogP contribution in [-0.4, -0.2) is 5.78 Å². The lowest BCUT2D eigenvalue weighted by molar-refractivity contribution is 0.0974. The molecule has 0 bridgehead atoms. The fourth-order valence-corrected chi connectivity index (χ4v) is 2.19. The summed E-state index contributed by atoms with van der Waals surface area (Å²) < 4.78 is 0. The van der Waals surface area contributed by atoms with E-state index in [1.807, 2.05) is 12.1 Å². The van der Waals surface area contributed by atoms with Crippen molar-refractivity contribution < 1.29 is 4.79 Å². The van der Waals surface area contributed by atoms with E-state index in [9.17, 15) is 4.79 Å². The number of ketones is 1. The second-order valence-corrected chi connectivity index (χ2v) is 3.78. The van der Waals surface area contributed by atoms with Gasteiger partial charge in [-0.1, -0.05) is 18.2 Å². The molecule has 0 aromatic heterocycles. The van der Waals surface area contributed by atoms with E-state index < -0.39 is 0 Å². The number of rotatable bonds is 0. The average Bonchev–Trinajstić information content (AvgIpc) is 2.04. The minimum atomic E-state index is 0.307. The zero-order valence-electron chi connectivity index (χ0n) is 6.84. The lowest BCUT2D eigenvalue weighted by Gasteiger charge is -2.15. The predicted molar refractivity (Wildman–Crippen MR) is 53.1 cm³/mol. The minimum Gasteiger partial charge on any atom is -0.294 e. The highest BCUT2D eigenvalue weighted by atomic mass is 31.0. The average molecular weight is 178 g/mol. The quantitative estimate of drug-likeness (QED) is 0.553. The normalized spacial score (nSPS) is 15.9. The number of fused-ring (bicyclic) bond motifs is 1. The van der Waals surface area contributed by atoms with Crippen molar-refractivity contribution in [2.24, 2.45) is 0 Å². The summed E-state index contributed by atoms with van der Waals surface area (Å²) in [4.78, 5) is 11.5. The standard InChI is InChI=1S/C10H11OP/c11-8-5-1-3-7-4-2-6-9(12)10(7)8/h2,4,6H,1,3,5,12H2. The van der Waals surface area contributed by atoms with E-state index in [0.717, 1.165) is 30.1 Å². The van der Waals surface area contributed by atoms with Gasteiger partial charge in [-0.05, 0) is 23.7 Å². The molecule has 1 unspecified atom stereocenters. The number of benzene rings is 1. The van der Waals surface area contributed by atoms with E-state index in [4.69, 9.17) is 0 Å². The molecule has 0 amide bonds. The molecule has 1 aromatic rings. The molecule has 1 aromatic carbocycles. The smallest absolute Gasteiger partial charge is 0.163 e. The highest BCUT2D eigenvalue weighted by molar-refractivity contribution is 7.27. The largest absolute Gasteiger partial charge is 0.294 e. The van der Waals surface area contributed by atoms with Gasteiger partial charge in [0.15, 0.2) is 5.78 Å². The predicted octanol–water partition coefficient (Wildman–Crippen LogP) is 1.71. The summed E-state index contributed by atoms with van der Waals surface area (Å²) >= 11 is 0. The molecular formula is C10H11OP. The first-order chi connectivity index (χ1) is 5.79. The minimum absolute atomic E-state index is 0.307. The van der Waals surface area contributed by atoms with E-state index in [0.29, 0.717) is 5.78 Å². The third-order valence-corrected chi connectivity index (χ3v) is 2.79. The second kappa shape index (κ2) is 2.99. The molecule has 0 saturated heterocycles. The Balaban J connectivity index is 2.60. The zero-order chi connectivity index (χ0) is 8.55. The van der Waals surface area contributed by atoms with Crippen LogP contribution in [0.4, 0.5) is 0 Å². The molecule has 12 heavy (non-hydrogen) atoms. The van der Waals surface area contributed by atoms with Gasteiger partial charge in [0.2, 0.25) is 0 Å². The summed E-state index contributed by atoms with van der Waals surface area (Å²) in [6.07, 6.45) is 2.79. The van der Waals surface area contributed by atoms with Crippen molar-refractivity contribution in [3.63, 3.8) is 0 Å². The third kappa shape index (κ3) is 1.19. The molecule has 0 aliphatic heterocycles. The van der Waals surface area contributed by atoms with Crippen LogP contribution in [0.2, 0.25) is 0 Å². The van der Waals surface area contributed by atoms with E-state index >= 15 is 0 Å². The van der Waals surface area contributed by atoms with Crippen molar-refractivity contribution in [3.8, 4) is 0 Å². The molecule has 0 spiro atoms. The maximum Gasteiger partial charge on any atom is 0.163 e. The van der Waals surface area contributed by atoms with E-state index in [1.165, 1.54) is 5.56 Å². The van der Waals surface area contributed by atoms with E-state index in [1.54, 1.807) is 0 Å². The topological polar surface area (TPSA) is 17.1 Å². The number of aryl methyl sites for hydroxylation is 1. The SMILES string of the molecule is O=C1CCCc2cccc(P)c21. The number of hydrogen-bond donors (Lipinski definition) is 0. The van der Waals surface area contributed by atoms with Crippen LogP contribution in [0.25, 0.3) is 0 Å². The lowest BCUT2D eigenvalue weighted by Crippen LogP contribution is -2.17. The molecule has 0 heterocycles. The first-order valence-electron chi connectivity index (χ1n) is 4.19. The summed E-state index contributed by atoms with van der Waals surface area (Å²) in [6.45, 7) is 0. The Morgan fingerprint density at radius 2 is 2.08 bits per heavy atom. The van der Waals surface area contributed by atoms with Crippen molar-refractivity contribution in [1.82, 2.24) is 0 Å². The van der Waals surface area contributed by atoms with Gasteiger partial charge < -0.3 is 0 Å². The molecule has 0 N–H and O–H groups in total. The Morgan fingerprint density at radius 3 is 2.83 bits per heavy atom. The zero-order valence-corrected chi connectivity index (χ0v) is 7.99. The summed E-state index contributed by atoms with van der Waals surface area (Å²) in [7, 11) is 2.63. The maximum atomic E-state index is 11.5. The molecule has 2 heteroatoms. The van der Waals surface area contributed by atoms with Crippen LogP contribution in [0.15, 0.2) is 18.2 Å². The van der Waals surface area contributed by atoms with E-state index in [2.05, 4.69) is 15.3 Å². The summed E-state index contributed by atoms with van der Waals surface area (Å²) in [5, 5.41) is 1.05. The second-order valence-electron chi connectivity index (χ2n) is 3.16. The molecule has 0 saturated carbocycles. The Labute approximate surface area is 74.4 Å². The lowest BCUT2D eigenvalue weighted by atomic mass is 9.91. The summed E-state index contributed by atoms with van der Waals surface area (Å²) in [5.41, 5.74) is 2.17. The van der Waals surface area contributed by atoms with Gasteiger partial charge in [-0.3, -0.25) is 4.79 Å². The fraction of sp³-hybridized carbons (Fsp3) is 0.300. The van der Waals surface area contributed by atoms with Crippen LogP contribution >= 0.6 is 9.24 Å². The van der Waals surface area contributed by atoms with Gasteiger partial charge in [0.25, 0.3) is 0 Å². The monoisotopic (exact) mass is 178 g/mol. The van der Waals surface area contributed by atoms with Crippen LogP contribution < -0.4 is 5.30 Å². The van der Waals surface area contributed by atoms with Crippen LogP contribution in [0.1, 0.15) is 28.8 Å². The Morgan fingerprint density at radius 1 is 1.25 bits per heavy atom. The molecule has 0 radical (unpaired) electrons. The molecule has 2 rings (SSSR count). The first kappa shape index (κ1) is 7.94. The molecule has 62 valence electrons. The molecular weight excluding hydrogens is 167 g/mol.